The molecule has 0 bridgehead atoms. The lowest BCUT2D eigenvalue weighted by molar-refractivity contribution is 0.227. The predicted molar refractivity (Wildman–Crippen MR) is 111 cm³/mol. The minimum absolute atomic E-state index is 1.18. The van der Waals surface area contributed by atoms with E-state index in [0.717, 1.165) is 0 Å². The van der Waals surface area contributed by atoms with E-state index in [-0.39, 0.29) is 0 Å². The lowest BCUT2D eigenvalue weighted by atomic mass is 10.4. The van der Waals surface area contributed by atoms with Crippen LogP contribution in [0.25, 0.3) is 0 Å². The second kappa shape index (κ2) is 19.2. The van der Waals surface area contributed by atoms with Crippen LogP contribution in [0.4, 0.5) is 0 Å². The average molecular weight is 345 g/mol. The van der Waals surface area contributed by atoms with E-state index >= 15 is 0 Å². The van der Waals surface area contributed by atoms with Gasteiger partial charge < -0.3 is 19.6 Å². The summed E-state index contributed by atoms with van der Waals surface area (Å²) in [6, 6.07) is 0. The first-order valence-electron chi connectivity index (χ1n) is 10.5. The molecule has 0 atom stereocenters. The summed E-state index contributed by atoms with van der Waals surface area (Å²) in [5, 5.41) is 0. The first kappa shape index (κ1) is 26.1. The second-order valence-electron chi connectivity index (χ2n) is 6.11. The smallest absolute Gasteiger partial charge is 0.0109 e. The first-order chi connectivity index (χ1) is 11.6. The van der Waals surface area contributed by atoms with E-state index in [0.29, 0.717) is 0 Å². The van der Waals surface area contributed by atoms with Gasteiger partial charge in [0.25, 0.3) is 0 Å². The third-order valence-electron chi connectivity index (χ3n) is 5.04. The fourth-order valence-corrected chi connectivity index (χ4v) is 2.73. The summed E-state index contributed by atoms with van der Waals surface area (Å²) in [6.07, 6.45) is 0. The maximum Gasteiger partial charge on any atom is 0.0109 e. The van der Waals surface area contributed by atoms with Crippen LogP contribution in [0.15, 0.2) is 0 Å². The monoisotopic (exact) mass is 344 g/mol. The highest BCUT2D eigenvalue weighted by atomic mass is 15.2. The van der Waals surface area contributed by atoms with Crippen molar-refractivity contribution in [3.05, 3.63) is 0 Å². The fourth-order valence-electron chi connectivity index (χ4n) is 2.73. The van der Waals surface area contributed by atoms with Gasteiger partial charge in [0.15, 0.2) is 0 Å². The van der Waals surface area contributed by atoms with Gasteiger partial charge in [0, 0.05) is 26.2 Å². The number of rotatable bonds is 14. The van der Waals surface area contributed by atoms with Crippen molar-refractivity contribution in [3.8, 4) is 0 Å². The van der Waals surface area contributed by atoms with Crippen LogP contribution in [0.2, 0.25) is 0 Å². The summed E-state index contributed by atoms with van der Waals surface area (Å²) in [7, 11) is 0. The van der Waals surface area contributed by atoms with Crippen molar-refractivity contribution in [2.24, 2.45) is 0 Å². The molecule has 0 saturated carbocycles. The van der Waals surface area contributed by atoms with Crippen LogP contribution in [0, 0.1) is 0 Å². The van der Waals surface area contributed by atoms with Crippen LogP contribution in [0.3, 0.4) is 0 Å². The van der Waals surface area contributed by atoms with Gasteiger partial charge in [-0.1, -0.05) is 55.4 Å². The molecular weight excluding hydrogens is 296 g/mol. The molecule has 4 heteroatoms. The molecule has 0 aliphatic heterocycles. The standard InChI is InChI=1S/2C10H24N2/c2*1-5-11(6-2)9-10-12(7-3)8-4/h2*5-10H2,1-4H3. The number of hydrogen-bond acceptors (Lipinski definition) is 4. The van der Waals surface area contributed by atoms with E-state index in [2.05, 4.69) is 75.0 Å². The molecular formula is C20H48N4. The van der Waals surface area contributed by atoms with E-state index in [1.165, 1.54) is 78.5 Å². The van der Waals surface area contributed by atoms with E-state index in [1.54, 1.807) is 0 Å². The van der Waals surface area contributed by atoms with E-state index in [9.17, 15) is 0 Å². The Hall–Kier alpha value is -0.160. The van der Waals surface area contributed by atoms with Gasteiger partial charge in [0.2, 0.25) is 0 Å². The summed E-state index contributed by atoms with van der Waals surface area (Å²) in [5.41, 5.74) is 0. The second-order valence-corrected chi connectivity index (χ2v) is 6.11. The molecule has 0 unspecified atom stereocenters. The zero-order chi connectivity index (χ0) is 18.8. The van der Waals surface area contributed by atoms with Gasteiger partial charge in [-0.2, -0.15) is 0 Å². The number of nitrogens with zero attached hydrogens (tertiary/aromatic N) is 4. The Morgan fingerprint density at radius 3 is 0.500 bits per heavy atom. The zero-order valence-corrected chi connectivity index (χ0v) is 18.3. The lowest BCUT2D eigenvalue weighted by Gasteiger charge is -2.23. The highest BCUT2D eigenvalue weighted by molar-refractivity contribution is 4.59. The van der Waals surface area contributed by atoms with Gasteiger partial charge >= 0.3 is 0 Å². The normalized spacial score (nSPS) is 11.5. The van der Waals surface area contributed by atoms with Crippen molar-refractivity contribution in [2.75, 3.05) is 78.5 Å². The molecule has 4 nitrogen and oxygen atoms in total. The molecule has 0 aromatic carbocycles. The molecule has 0 aliphatic rings. The highest BCUT2D eigenvalue weighted by Gasteiger charge is 2.03. The third kappa shape index (κ3) is 14.2. The van der Waals surface area contributed by atoms with Crippen LogP contribution < -0.4 is 0 Å². The molecule has 0 saturated heterocycles. The average Bonchev–Trinajstić information content (AvgIpc) is 2.63. The molecule has 0 rings (SSSR count). The maximum atomic E-state index is 2.47. The van der Waals surface area contributed by atoms with Crippen molar-refractivity contribution < 1.29 is 0 Å². The Morgan fingerprint density at radius 2 is 0.417 bits per heavy atom. The summed E-state index contributed by atoms with van der Waals surface area (Å²) in [4.78, 5) is 9.88. The van der Waals surface area contributed by atoms with E-state index in [4.69, 9.17) is 0 Å². The highest BCUT2D eigenvalue weighted by Crippen LogP contribution is 1.92. The molecule has 0 spiro atoms. The Balaban J connectivity index is 0. The van der Waals surface area contributed by atoms with Crippen LogP contribution in [0.1, 0.15) is 55.4 Å². The zero-order valence-electron chi connectivity index (χ0n) is 18.3. The summed E-state index contributed by atoms with van der Waals surface area (Å²) in [6.45, 7) is 32.1. The van der Waals surface area contributed by atoms with E-state index < -0.39 is 0 Å². The van der Waals surface area contributed by atoms with Gasteiger partial charge in [-0.3, -0.25) is 0 Å². The summed E-state index contributed by atoms with van der Waals surface area (Å²) < 4.78 is 0. The van der Waals surface area contributed by atoms with Gasteiger partial charge in [-0.15, -0.1) is 0 Å². The summed E-state index contributed by atoms with van der Waals surface area (Å²) in [5.74, 6) is 0. The van der Waals surface area contributed by atoms with E-state index in [1.807, 2.05) is 0 Å². The molecule has 0 aliphatic carbocycles. The van der Waals surface area contributed by atoms with Crippen LogP contribution in [-0.4, -0.2) is 98.1 Å². The van der Waals surface area contributed by atoms with Gasteiger partial charge in [-0.05, 0) is 52.4 Å². The quantitative estimate of drug-likeness (QED) is 0.479. The molecule has 0 radical (unpaired) electrons. The predicted octanol–water partition coefficient (Wildman–Crippen LogP) is 3.34. The fraction of sp³-hybridized carbons (Fsp3) is 1.00. The van der Waals surface area contributed by atoms with Crippen molar-refractivity contribution in [1.82, 2.24) is 19.6 Å². The van der Waals surface area contributed by atoms with Crippen molar-refractivity contribution in [2.45, 2.75) is 55.4 Å². The molecule has 0 aromatic heterocycles. The molecule has 0 N–H and O–H groups in total. The largest absolute Gasteiger partial charge is 0.303 e. The third-order valence-corrected chi connectivity index (χ3v) is 5.04. The molecule has 0 aromatic rings. The van der Waals surface area contributed by atoms with Crippen molar-refractivity contribution >= 4 is 0 Å². The molecule has 0 fully saturated rings. The van der Waals surface area contributed by atoms with Crippen molar-refractivity contribution in [1.29, 1.82) is 0 Å². The molecule has 24 heavy (non-hydrogen) atoms. The van der Waals surface area contributed by atoms with Crippen molar-refractivity contribution in [3.63, 3.8) is 0 Å². The number of hydrogen-bond donors (Lipinski definition) is 0. The van der Waals surface area contributed by atoms with Gasteiger partial charge in [0.05, 0.1) is 0 Å². The SMILES string of the molecule is CCN(CC)CCN(CC)CC.CCN(CC)CCN(CC)CC. The topological polar surface area (TPSA) is 13.0 Å². The van der Waals surface area contributed by atoms with Crippen LogP contribution in [0.5, 0.6) is 0 Å². The minimum atomic E-state index is 1.18. The maximum absolute atomic E-state index is 2.47. The lowest BCUT2D eigenvalue weighted by Crippen LogP contribution is -2.34. The van der Waals surface area contributed by atoms with Gasteiger partial charge in [0.1, 0.15) is 0 Å². The van der Waals surface area contributed by atoms with Gasteiger partial charge in [-0.25, -0.2) is 0 Å². The molecule has 0 amide bonds. The Labute approximate surface area is 154 Å². The molecule has 148 valence electrons. The number of likely N-dealkylation sites (N-methyl/N-ethyl adjacent to an activating group) is 4. The van der Waals surface area contributed by atoms with Crippen LogP contribution >= 0.6 is 0 Å². The minimum Gasteiger partial charge on any atom is -0.303 e. The summed E-state index contributed by atoms with van der Waals surface area (Å²) >= 11 is 0. The molecule has 0 heterocycles. The van der Waals surface area contributed by atoms with Crippen LogP contribution in [-0.2, 0) is 0 Å². The Bertz CT molecular complexity index is 172. The Kier molecular flexibility index (Phi) is 20.8. The first-order valence-corrected chi connectivity index (χ1v) is 10.5. The Morgan fingerprint density at radius 1 is 0.292 bits per heavy atom.